The fourth-order valence-electron chi connectivity index (χ4n) is 2.48. The van der Waals surface area contributed by atoms with Gasteiger partial charge < -0.3 is 14.7 Å². The predicted octanol–water partition coefficient (Wildman–Crippen LogP) is 2.80. The highest BCUT2D eigenvalue weighted by Gasteiger charge is 2.30. The van der Waals surface area contributed by atoms with Gasteiger partial charge in [0.2, 0.25) is 0 Å². The van der Waals surface area contributed by atoms with Gasteiger partial charge in [-0.2, -0.15) is 0 Å². The van der Waals surface area contributed by atoms with E-state index in [2.05, 4.69) is 0 Å². The molecule has 0 amide bonds. The molecular weight excluding hydrogens is 307 g/mol. The summed E-state index contributed by atoms with van der Waals surface area (Å²) in [5, 5.41) is 9.18. The normalized spacial score (nSPS) is 22.1. The zero-order valence-electron chi connectivity index (χ0n) is 12.3. The minimum atomic E-state index is -4.01. The lowest BCUT2D eigenvalue weighted by atomic mass is 10.1. The minimum Gasteiger partial charge on any atom is -0.479 e. The van der Waals surface area contributed by atoms with Crippen LogP contribution >= 0.6 is 7.60 Å². The van der Waals surface area contributed by atoms with Gasteiger partial charge in [0.15, 0.2) is 6.10 Å². The molecule has 1 aromatic rings. The van der Waals surface area contributed by atoms with Crippen molar-refractivity contribution in [3.05, 3.63) is 35.9 Å². The Hall–Kier alpha value is -1.20. The van der Waals surface area contributed by atoms with E-state index in [1.165, 1.54) is 0 Å². The van der Waals surface area contributed by atoms with Crippen LogP contribution in [0.5, 0.6) is 0 Å². The molecule has 1 fully saturated rings. The fraction of sp³-hybridized carbons (Fsp3) is 0.533. The Morgan fingerprint density at radius 1 is 1.41 bits per heavy atom. The van der Waals surface area contributed by atoms with Crippen LogP contribution < -0.4 is 0 Å². The first kappa shape index (κ1) is 17.2. The van der Waals surface area contributed by atoms with Crippen molar-refractivity contribution >= 4 is 13.6 Å². The van der Waals surface area contributed by atoms with E-state index in [-0.39, 0.29) is 18.7 Å². The van der Waals surface area contributed by atoms with Crippen LogP contribution in [0, 0.1) is 0 Å². The monoisotopic (exact) mass is 328 g/mol. The maximum atomic E-state index is 12.1. The predicted molar refractivity (Wildman–Crippen MR) is 80.7 cm³/mol. The second kappa shape index (κ2) is 7.88. The molecule has 3 unspecified atom stereocenters. The summed E-state index contributed by atoms with van der Waals surface area (Å²) >= 11 is 0. The zero-order chi connectivity index (χ0) is 16.0. The lowest BCUT2D eigenvalue weighted by Gasteiger charge is -2.19. The molecule has 0 bridgehead atoms. The summed E-state index contributed by atoms with van der Waals surface area (Å²) in [6, 6.07) is 8.71. The fourth-order valence-corrected chi connectivity index (χ4v) is 3.82. The molecular formula is C15H21O6P. The summed E-state index contributed by atoms with van der Waals surface area (Å²) in [5.74, 6) is -1.22. The van der Waals surface area contributed by atoms with Gasteiger partial charge in [0, 0.05) is 6.61 Å². The Kier molecular flexibility index (Phi) is 6.15. The Balaban J connectivity index is 1.90. The number of carboxylic acids is 1. The summed E-state index contributed by atoms with van der Waals surface area (Å²) < 4.78 is 22.6. The molecule has 2 rings (SSSR count). The second-order valence-electron chi connectivity index (χ2n) is 5.43. The van der Waals surface area contributed by atoms with Crippen molar-refractivity contribution in [2.75, 3.05) is 6.61 Å². The van der Waals surface area contributed by atoms with E-state index in [1.54, 1.807) is 30.3 Å². The second-order valence-corrected chi connectivity index (χ2v) is 7.23. The number of rotatable bonds is 8. The Morgan fingerprint density at radius 2 is 2.14 bits per heavy atom. The van der Waals surface area contributed by atoms with Crippen molar-refractivity contribution in [2.24, 2.45) is 0 Å². The molecule has 0 spiro atoms. The molecule has 1 heterocycles. The maximum Gasteiger partial charge on any atom is 0.333 e. The lowest BCUT2D eigenvalue weighted by Crippen LogP contribution is -2.24. The third kappa shape index (κ3) is 5.54. The molecule has 2 N–H and O–H groups in total. The molecule has 0 aliphatic carbocycles. The third-order valence-corrected chi connectivity index (χ3v) is 4.92. The van der Waals surface area contributed by atoms with Crippen LogP contribution in [-0.4, -0.2) is 34.8 Å². The van der Waals surface area contributed by atoms with E-state index in [0.29, 0.717) is 18.6 Å². The van der Waals surface area contributed by atoms with Gasteiger partial charge in [-0.05, 0) is 31.2 Å². The van der Waals surface area contributed by atoms with E-state index in [9.17, 15) is 19.4 Å². The number of benzene rings is 1. The first-order valence-corrected chi connectivity index (χ1v) is 9.11. The number of hydrogen-bond donors (Lipinski definition) is 2. The standard InChI is InChI=1S/C15H21O6P/c16-15(17)14(9-8-13-7-4-10-20-13)21-22(18,19)11-12-5-2-1-3-6-12/h1-3,5-6,13-14H,4,7-11H2,(H,16,17)(H,18,19). The molecule has 1 saturated heterocycles. The topological polar surface area (TPSA) is 93.1 Å². The summed E-state index contributed by atoms with van der Waals surface area (Å²) in [6.45, 7) is 0.690. The molecule has 0 saturated carbocycles. The molecule has 7 heteroatoms. The summed E-state index contributed by atoms with van der Waals surface area (Å²) in [4.78, 5) is 21.2. The molecule has 6 nitrogen and oxygen atoms in total. The highest BCUT2D eigenvalue weighted by atomic mass is 31.2. The number of ether oxygens (including phenoxy) is 1. The van der Waals surface area contributed by atoms with E-state index in [1.807, 2.05) is 0 Å². The Bertz CT molecular complexity index is 526. The van der Waals surface area contributed by atoms with Gasteiger partial charge in [0.25, 0.3) is 0 Å². The molecule has 3 atom stereocenters. The zero-order valence-corrected chi connectivity index (χ0v) is 13.2. The van der Waals surface area contributed by atoms with Gasteiger partial charge in [-0.3, -0.25) is 9.09 Å². The molecule has 1 aliphatic heterocycles. The first-order valence-electron chi connectivity index (χ1n) is 7.35. The van der Waals surface area contributed by atoms with Gasteiger partial charge in [-0.25, -0.2) is 4.79 Å². The van der Waals surface area contributed by atoms with Crippen molar-refractivity contribution in [3.8, 4) is 0 Å². The number of carboxylic acid groups (broad SMARTS) is 1. The van der Waals surface area contributed by atoms with Crippen molar-refractivity contribution in [2.45, 2.75) is 44.1 Å². The minimum absolute atomic E-state index is 0.0256. The van der Waals surface area contributed by atoms with E-state index in [4.69, 9.17) is 9.26 Å². The van der Waals surface area contributed by atoms with Gasteiger partial charge in [0.1, 0.15) is 0 Å². The number of hydrogen-bond acceptors (Lipinski definition) is 4. The van der Waals surface area contributed by atoms with E-state index >= 15 is 0 Å². The molecule has 122 valence electrons. The molecule has 22 heavy (non-hydrogen) atoms. The van der Waals surface area contributed by atoms with Crippen molar-refractivity contribution in [1.29, 1.82) is 0 Å². The van der Waals surface area contributed by atoms with Crippen molar-refractivity contribution < 1.29 is 28.6 Å². The van der Waals surface area contributed by atoms with Crippen LogP contribution in [0.2, 0.25) is 0 Å². The third-order valence-electron chi connectivity index (χ3n) is 3.57. The average molecular weight is 328 g/mol. The molecule has 1 aromatic carbocycles. The summed E-state index contributed by atoms with van der Waals surface area (Å²) in [5.41, 5.74) is 0.636. The van der Waals surface area contributed by atoms with Crippen LogP contribution in [0.4, 0.5) is 0 Å². The number of carbonyl (C=O) groups is 1. The number of aliphatic carboxylic acids is 1. The largest absolute Gasteiger partial charge is 0.479 e. The Morgan fingerprint density at radius 3 is 2.73 bits per heavy atom. The van der Waals surface area contributed by atoms with Crippen LogP contribution in [0.3, 0.4) is 0 Å². The Labute approximate surface area is 129 Å². The first-order chi connectivity index (χ1) is 10.5. The van der Waals surface area contributed by atoms with Crippen LogP contribution in [0.25, 0.3) is 0 Å². The van der Waals surface area contributed by atoms with Crippen molar-refractivity contribution in [1.82, 2.24) is 0 Å². The van der Waals surface area contributed by atoms with Crippen LogP contribution in [0.1, 0.15) is 31.2 Å². The van der Waals surface area contributed by atoms with Crippen LogP contribution in [0.15, 0.2) is 30.3 Å². The molecule has 1 aliphatic rings. The summed E-state index contributed by atoms with van der Waals surface area (Å²) in [7, 11) is -4.01. The highest BCUT2D eigenvalue weighted by molar-refractivity contribution is 7.52. The van der Waals surface area contributed by atoms with Crippen molar-refractivity contribution in [3.63, 3.8) is 0 Å². The van der Waals surface area contributed by atoms with Crippen LogP contribution in [-0.2, 0) is 24.8 Å². The van der Waals surface area contributed by atoms with E-state index < -0.39 is 19.7 Å². The van der Waals surface area contributed by atoms with E-state index in [0.717, 1.165) is 12.8 Å². The SMILES string of the molecule is O=C(O)C(CCC1CCCO1)OP(=O)(O)Cc1ccccc1. The van der Waals surface area contributed by atoms with Gasteiger partial charge in [-0.15, -0.1) is 0 Å². The quantitative estimate of drug-likeness (QED) is 0.713. The lowest BCUT2D eigenvalue weighted by molar-refractivity contribution is -0.146. The van der Waals surface area contributed by atoms with Gasteiger partial charge >= 0.3 is 13.6 Å². The maximum absolute atomic E-state index is 12.1. The smallest absolute Gasteiger partial charge is 0.333 e. The average Bonchev–Trinajstić information content (AvgIpc) is 2.97. The van der Waals surface area contributed by atoms with Gasteiger partial charge in [-0.1, -0.05) is 30.3 Å². The summed E-state index contributed by atoms with van der Waals surface area (Å²) in [6.07, 6.45) is 1.09. The molecule has 0 radical (unpaired) electrons. The van der Waals surface area contributed by atoms with Gasteiger partial charge in [0.05, 0.1) is 12.3 Å². The molecule has 0 aromatic heterocycles. The highest BCUT2D eigenvalue weighted by Crippen LogP contribution is 2.47.